The molecule has 0 radical (unpaired) electrons. The summed E-state index contributed by atoms with van der Waals surface area (Å²) in [6.45, 7) is 2.99. The molecule has 1 aliphatic carbocycles. The van der Waals surface area contributed by atoms with Crippen LogP contribution in [0, 0.1) is 5.92 Å². The van der Waals surface area contributed by atoms with Gasteiger partial charge in [-0.3, -0.25) is 4.79 Å². The van der Waals surface area contributed by atoms with Crippen molar-refractivity contribution < 1.29 is 17.9 Å². The van der Waals surface area contributed by atoms with Crippen LogP contribution >= 0.6 is 0 Å². The van der Waals surface area contributed by atoms with Gasteiger partial charge < -0.3 is 10.1 Å². The molecule has 2 saturated heterocycles. The minimum absolute atomic E-state index is 0.0486. The largest absolute Gasteiger partial charge is 0.480 e. The zero-order chi connectivity index (χ0) is 23.0. The van der Waals surface area contributed by atoms with Crippen LogP contribution in [0.5, 0.6) is 5.75 Å². The molecular formula is C26H34N2O4S. The molecule has 1 N–H and O–H groups in total. The number of hydrogen-bond acceptors (Lipinski definition) is 5. The van der Waals surface area contributed by atoms with E-state index in [0.717, 1.165) is 62.3 Å². The zero-order valence-electron chi connectivity index (χ0n) is 19.3. The third-order valence-corrected chi connectivity index (χ3v) is 9.61. The summed E-state index contributed by atoms with van der Waals surface area (Å²) < 4.78 is 35.9. The van der Waals surface area contributed by atoms with Crippen LogP contribution in [-0.4, -0.2) is 49.8 Å². The second-order valence-electron chi connectivity index (χ2n) is 9.94. The Kier molecular flexibility index (Phi) is 6.47. The number of rotatable bonds is 6. The van der Waals surface area contributed by atoms with Crippen LogP contribution in [0.15, 0.2) is 41.3 Å². The number of Topliss-reactive ketones (excluding diaryl/α,β-unsaturated/α-hetero) is 1. The maximum Gasteiger partial charge on any atom is 0.243 e. The Labute approximate surface area is 196 Å². The van der Waals surface area contributed by atoms with Crippen molar-refractivity contribution in [3.8, 4) is 5.75 Å². The highest BCUT2D eigenvalue weighted by atomic mass is 32.2. The van der Waals surface area contributed by atoms with Gasteiger partial charge in [0.15, 0.2) is 11.9 Å². The molecule has 3 aliphatic rings. The number of ether oxygens (including phenoxy) is 1. The molecule has 33 heavy (non-hydrogen) atoms. The number of benzene rings is 2. The first-order valence-corrected chi connectivity index (χ1v) is 13.8. The molecule has 0 amide bonds. The Bertz CT molecular complexity index is 1130. The molecule has 2 bridgehead atoms. The summed E-state index contributed by atoms with van der Waals surface area (Å²) in [5, 5.41) is 5.00. The third-order valence-electron chi connectivity index (χ3n) is 7.68. The summed E-state index contributed by atoms with van der Waals surface area (Å²) in [5.74, 6) is 1.07. The molecule has 4 unspecified atom stereocenters. The lowest BCUT2D eigenvalue weighted by Crippen LogP contribution is -2.43. The molecule has 1 saturated carbocycles. The molecule has 2 aromatic rings. The van der Waals surface area contributed by atoms with Gasteiger partial charge in [-0.25, -0.2) is 8.42 Å². The second kappa shape index (κ2) is 9.35. The summed E-state index contributed by atoms with van der Waals surface area (Å²) in [6.07, 6.45) is 7.50. The van der Waals surface area contributed by atoms with E-state index in [1.165, 1.54) is 6.42 Å². The van der Waals surface area contributed by atoms with Gasteiger partial charge in [0.05, 0.1) is 10.9 Å². The highest BCUT2D eigenvalue weighted by molar-refractivity contribution is 7.89. The SMILES string of the molecule is CC(=O)C(Oc1cc(S(=O)(=O)N2CCCC3CCCC2C3)cc2ccccc12)C1CCCN1. The van der Waals surface area contributed by atoms with Crippen LogP contribution in [-0.2, 0) is 14.8 Å². The highest BCUT2D eigenvalue weighted by Crippen LogP contribution is 2.38. The predicted molar refractivity (Wildman–Crippen MR) is 129 cm³/mol. The molecule has 3 fully saturated rings. The topological polar surface area (TPSA) is 75.7 Å². The number of nitrogens with one attached hydrogen (secondary N) is 1. The van der Waals surface area contributed by atoms with Crippen molar-refractivity contribution in [3.05, 3.63) is 36.4 Å². The van der Waals surface area contributed by atoms with Crippen LogP contribution in [0.3, 0.4) is 0 Å². The molecule has 178 valence electrons. The van der Waals surface area contributed by atoms with Gasteiger partial charge in [0.25, 0.3) is 0 Å². The first-order valence-electron chi connectivity index (χ1n) is 12.4. The van der Waals surface area contributed by atoms with Crippen LogP contribution in [0.25, 0.3) is 10.8 Å². The van der Waals surface area contributed by atoms with E-state index in [4.69, 9.17) is 4.74 Å². The Balaban J connectivity index is 1.54. The number of sulfonamides is 1. The Morgan fingerprint density at radius 1 is 1.09 bits per heavy atom. The van der Waals surface area contributed by atoms with E-state index in [0.29, 0.717) is 18.2 Å². The minimum Gasteiger partial charge on any atom is -0.480 e. The Morgan fingerprint density at radius 3 is 2.70 bits per heavy atom. The molecule has 2 aliphatic heterocycles. The van der Waals surface area contributed by atoms with Gasteiger partial charge in [-0.15, -0.1) is 0 Å². The molecule has 2 heterocycles. The molecule has 5 rings (SSSR count). The smallest absolute Gasteiger partial charge is 0.243 e. The minimum atomic E-state index is -3.67. The first-order chi connectivity index (χ1) is 15.9. The predicted octanol–water partition coefficient (Wildman–Crippen LogP) is 4.27. The lowest BCUT2D eigenvalue weighted by atomic mass is 9.84. The van der Waals surface area contributed by atoms with Crippen molar-refractivity contribution in [2.75, 3.05) is 13.1 Å². The van der Waals surface area contributed by atoms with Crippen molar-refractivity contribution in [1.82, 2.24) is 9.62 Å². The third kappa shape index (κ3) is 4.55. The molecule has 7 heteroatoms. The number of hydrogen-bond donors (Lipinski definition) is 1. The Hall–Kier alpha value is -1.96. The standard InChI is InChI=1S/C26H34N2O4S/c1-18(29)26(24-12-5-13-27-24)32-25-17-22(16-20-9-2-3-11-23(20)25)33(30,31)28-14-6-8-19-7-4-10-21(28)15-19/h2-3,9,11,16-17,19,21,24,26-27H,4-8,10,12-15H2,1H3. The van der Waals surface area contributed by atoms with Crippen LogP contribution < -0.4 is 10.1 Å². The average molecular weight is 471 g/mol. The monoisotopic (exact) mass is 470 g/mol. The van der Waals surface area contributed by atoms with Crippen LogP contribution in [0.4, 0.5) is 0 Å². The van der Waals surface area contributed by atoms with E-state index in [1.54, 1.807) is 23.4 Å². The first kappa shape index (κ1) is 22.8. The molecule has 6 nitrogen and oxygen atoms in total. The molecule has 0 spiro atoms. The van der Waals surface area contributed by atoms with Crippen molar-refractivity contribution >= 4 is 26.6 Å². The van der Waals surface area contributed by atoms with Crippen LogP contribution in [0.1, 0.15) is 58.3 Å². The van der Waals surface area contributed by atoms with Crippen molar-refractivity contribution in [2.24, 2.45) is 5.92 Å². The van der Waals surface area contributed by atoms with Crippen molar-refractivity contribution in [2.45, 2.75) is 81.4 Å². The summed E-state index contributed by atoms with van der Waals surface area (Å²) in [7, 11) is -3.67. The molecular weight excluding hydrogens is 436 g/mol. The summed E-state index contributed by atoms with van der Waals surface area (Å²) in [4.78, 5) is 12.7. The molecule has 0 aromatic heterocycles. The fourth-order valence-corrected chi connectivity index (χ4v) is 7.76. The zero-order valence-corrected chi connectivity index (χ0v) is 20.1. The Morgan fingerprint density at radius 2 is 1.91 bits per heavy atom. The van der Waals surface area contributed by atoms with E-state index in [1.807, 2.05) is 24.3 Å². The summed E-state index contributed by atoms with van der Waals surface area (Å²) in [6, 6.07) is 11.1. The van der Waals surface area contributed by atoms with Crippen molar-refractivity contribution in [3.63, 3.8) is 0 Å². The number of ketones is 1. The number of carbonyl (C=O) groups excluding carboxylic acids is 1. The van der Waals surface area contributed by atoms with Gasteiger partial charge in [-0.2, -0.15) is 4.31 Å². The quantitative estimate of drug-likeness (QED) is 0.682. The lowest BCUT2D eigenvalue weighted by molar-refractivity contribution is -0.124. The fraction of sp³-hybridized carbons (Fsp3) is 0.577. The van der Waals surface area contributed by atoms with Crippen LogP contribution in [0.2, 0.25) is 0 Å². The van der Waals surface area contributed by atoms with Gasteiger partial charge in [0.2, 0.25) is 10.0 Å². The van der Waals surface area contributed by atoms with Gasteiger partial charge in [0, 0.05) is 24.0 Å². The van der Waals surface area contributed by atoms with E-state index >= 15 is 0 Å². The van der Waals surface area contributed by atoms with Gasteiger partial charge in [-0.05, 0) is 69.4 Å². The highest BCUT2D eigenvalue weighted by Gasteiger charge is 2.37. The molecule has 4 atom stereocenters. The lowest BCUT2D eigenvalue weighted by Gasteiger charge is -2.33. The number of fused-ring (bicyclic) bond motifs is 3. The normalized spacial score (nSPS) is 27.2. The van der Waals surface area contributed by atoms with Gasteiger partial charge in [-0.1, -0.05) is 37.1 Å². The van der Waals surface area contributed by atoms with Gasteiger partial charge >= 0.3 is 0 Å². The fourth-order valence-electron chi connectivity index (χ4n) is 6.01. The van der Waals surface area contributed by atoms with E-state index < -0.39 is 16.1 Å². The number of carbonyl (C=O) groups is 1. The summed E-state index contributed by atoms with van der Waals surface area (Å²) in [5.41, 5.74) is 0. The maximum absolute atomic E-state index is 13.9. The number of nitrogens with zero attached hydrogens (tertiary/aromatic N) is 1. The molecule has 2 aromatic carbocycles. The maximum atomic E-state index is 13.9. The average Bonchev–Trinajstić information content (AvgIpc) is 3.29. The van der Waals surface area contributed by atoms with E-state index in [9.17, 15) is 13.2 Å². The van der Waals surface area contributed by atoms with E-state index in [-0.39, 0.29) is 22.8 Å². The van der Waals surface area contributed by atoms with Crippen molar-refractivity contribution in [1.29, 1.82) is 0 Å². The summed E-state index contributed by atoms with van der Waals surface area (Å²) >= 11 is 0. The van der Waals surface area contributed by atoms with E-state index in [2.05, 4.69) is 5.32 Å². The van der Waals surface area contributed by atoms with Gasteiger partial charge in [0.1, 0.15) is 5.75 Å². The second-order valence-corrected chi connectivity index (χ2v) is 11.8.